The van der Waals surface area contributed by atoms with Crippen molar-refractivity contribution >= 4 is 11.9 Å². The second-order valence-electron chi connectivity index (χ2n) is 10.0. The normalized spacial score (nSPS) is 45.8. The fraction of sp³-hybridized carbons (Fsp3) is 0.826. The topological polar surface area (TPSA) is 52.6 Å². The molecular weight excluding hydrogens is 340 g/mol. The van der Waals surface area contributed by atoms with Crippen molar-refractivity contribution in [2.24, 2.45) is 34.5 Å². The Morgan fingerprint density at radius 1 is 0.963 bits per heavy atom. The van der Waals surface area contributed by atoms with Gasteiger partial charge in [0.05, 0.1) is 0 Å². The zero-order valence-electron chi connectivity index (χ0n) is 17.3. The van der Waals surface area contributed by atoms with Gasteiger partial charge in [0.15, 0.2) is 0 Å². The minimum absolute atomic E-state index is 0.105. The molecule has 7 atom stereocenters. The van der Waals surface area contributed by atoms with Gasteiger partial charge >= 0.3 is 11.9 Å². The molecule has 0 unspecified atom stereocenters. The van der Waals surface area contributed by atoms with E-state index in [4.69, 9.17) is 9.47 Å². The molecule has 4 heteroatoms. The molecule has 3 fully saturated rings. The molecule has 4 rings (SSSR count). The Hall–Kier alpha value is -1.32. The highest BCUT2D eigenvalue weighted by Gasteiger charge is 2.60. The van der Waals surface area contributed by atoms with Crippen LogP contribution in [-0.2, 0) is 19.1 Å². The van der Waals surface area contributed by atoms with Gasteiger partial charge in [-0.25, -0.2) is 0 Å². The lowest BCUT2D eigenvalue weighted by Crippen LogP contribution is -2.53. The zero-order valence-corrected chi connectivity index (χ0v) is 17.3. The molecule has 0 aliphatic heterocycles. The first kappa shape index (κ1) is 19.0. The monoisotopic (exact) mass is 374 g/mol. The van der Waals surface area contributed by atoms with Crippen LogP contribution >= 0.6 is 0 Å². The first-order valence-electron chi connectivity index (χ1n) is 10.8. The van der Waals surface area contributed by atoms with Crippen molar-refractivity contribution in [3.63, 3.8) is 0 Å². The molecule has 0 aromatic rings. The van der Waals surface area contributed by atoms with Gasteiger partial charge in [-0.1, -0.05) is 13.8 Å². The van der Waals surface area contributed by atoms with E-state index in [1.807, 2.05) is 0 Å². The van der Waals surface area contributed by atoms with E-state index in [1.165, 1.54) is 39.0 Å². The summed E-state index contributed by atoms with van der Waals surface area (Å²) in [4.78, 5) is 22.9. The molecule has 150 valence electrons. The summed E-state index contributed by atoms with van der Waals surface area (Å²) in [7, 11) is 0. The molecule has 3 saturated carbocycles. The van der Waals surface area contributed by atoms with Gasteiger partial charge < -0.3 is 9.47 Å². The second-order valence-corrected chi connectivity index (χ2v) is 10.0. The van der Waals surface area contributed by atoms with Crippen LogP contribution in [0.2, 0.25) is 0 Å². The first-order valence-corrected chi connectivity index (χ1v) is 10.8. The lowest BCUT2D eigenvalue weighted by Gasteiger charge is -2.59. The van der Waals surface area contributed by atoms with Crippen LogP contribution in [0.1, 0.15) is 79.1 Å². The second kappa shape index (κ2) is 6.63. The van der Waals surface area contributed by atoms with E-state index in [9.17, 15) is 9.59 Å². The largest absolute Gasteiger partial charge is 0.462 e. The van der Waals surface area contributed by atoms with E-state index in [1.54, 1.807) is 6.92 Å². The summed E-state index contributed by atoms with van der Waals surface area (Å²) in [6, 6.07) is 0. The third-order valence-corrected chi connectivity index (χ3v) is 8.78. The van der Waals surface area contributed by atoms with Crippen molar-refractivity contribution in [1.82, 2.24) is 0 Å². The average Bonchev–Trinajstić information content (AvgIpc) is 2.91. The Balaban J connectivity index is 1.55. The molecule has 0 heterocycles. The van der Waals surface area contributed by atoms with E-state index < -0.39 is 0 Å². The average molecular weight is 375 g/mol. The number of allylic oxidation sites excluding steroid dienone is 2. The summed E-state index contributed by atoms with van der Waals surface area (Å²) in [6.45, 7) is 7.90. The molecule has 4 aliphatic rings. The van der Waals surface area contributed by atoms with Gasteiger partial charge in [-0.15, -0.1) is 0 Å². The Labute approximate surface area is 163 Å². The molecule has 0 amide bonds. The number of hydrogen-bond acceptors (Lipinski definition) is 4. The summed E-state index contributed by atoms with van der Waals surface area (Å²) in [6.07, 6.45) is 11.4. The highest BCUT2D eigenvalue weighted by Crippen LogP contribution is 2.66. The highest BCUT2D eigenvalue weighted by atomic mass is 16.5. The van der Waals surface area contributed by atoms with Crippen molar-refractivity contribution in [3.05, 3.63) is 11.8 Å². The lowest BCUT2D eigenvalue weighted by molar-refractivity contribution is -0.160. The predicted molar refractivity (Wildman–Crippen MR) is 103 cm³/mol. The fourth-order valence-corrected chi connectivity index (χ4v) is 7.46. The summed E-state index contributed by atoms with van der Waals surface area (Å²) >= 11 is 0. The molecule has 0 radical (unpaired) electrons. The fourth-order valence-electron chi connectivity index (χ4n) is 7.46. The van der Waals surface area contributed by atoms with E-state index in [-0.39, 0.29) is 23.5 Å². The number of carbonyl (C=O) groups is 2. The number of hydrogen-bond donors (Lipinski definition) is 0. The third-order valence-electron chi connectivity index (χ3n) is 8.78. The third kappa shape index (κ3) is 3.03. The van der Waals surface area contributed by atoms with E-state index in [0.29, 0.717) is 17.3 Å². The van der Waals surface area contributed by atoms with Crippen LogP contribution in [0.4, 0.5) is 0 Å². The molecule has 27 heavy (non-hydrogen) atoms. The van der Waals surface area contributed by atoms with Crippen LogP contribution in [-0.4, -0.2) is 18.0 Å². The van der Waals surface area contributed by atoms with Crippen LogP contribution in [0.25, 0.3) is 0 Å². The number of rotatable bonds is 2. The van der Waals surface area contributed by atoms with Crippen molar-refractivity contribution in [3.8, 4) is 0 Å². The van der Waals surface area contributed by atoms with Crippen molar-refractivity contribution in [1.29, 1.82) is 0 Å². The molecular formula is C23H34O4. The van der Waals surface area contributed by atoms with Gasteiger partial charge in [0.1, 0.15) is 11.9 Å². The Morgan fingerprint density at radius 2 is 1.70 bits per heavy atom. The van der Waals surface area contributed by atoms with E-state index >= 15 is 0 Å². The maximum atomic E-state index is 11.6. The number of carbonyl (C=O) groups excluding carboxylic acids is 2. The molecule has 4 aliphatic carbocycles. The summed E-state index contributed by atoms with van der Waals surface area (Å²) < 4.78 is 11.2. The molecule has 0 bridgehead atoms. The zero-order chi connectivity index (χ0) is 19.4. The van der Waals surface area contributed by atoms with Gasteiger partial charge in [-0.2, -0.15) is 0 Å². The molecule has 0 N–H and O–H groups in total. The van der Waals surface area contributed by atoms with Gasteiger partial charge in [0.2, 0.25) is 0 Å². The first-order chi connectivity index (χ1) is 12.7. The Morgan fingerprint density at radius 3 is 2.41 bits per heavy atom. The quantitative estimate of drug-likeness (QED) is 0.637. The van der Waals surface area contributed by atoms with Crippen LogP contribution < -0.4 is 0 Å². The van der Waals surface area contributed by atoms with Crippen molar-refractivity contribution in [2.75, 3.05) is 0 Å². The smallest absolute Gasteiger partial charge is 0.307 e. The minimum Gasteiger partial charge on any atom is -0.462 e. The lowest BCUT2D eigenvalue weighted by atomic mass is 9.46. The number of fused-ring (bicyclic) bond motifs is 5. The van der Waals surface area contributed by atoms with Crippen molar-refractivity contribution in [2.45, 2.75) is 85.2 Å². The standard InChI is InChI=1S/C23H34O4/c1-14(24)26-17-9-11-22(3)16(13-17)5-6-18-19-7-8-21(27-15(2)25)23(19,4)12-10-20(18)22/h9,16,18-21H,5-8,10-13H2,1-4H3/t16-,18-,19-,20-,21+,22-,23-/m0/s1. The van der Waals surface area contributed by atoms with E-state index in [0.717, 1.165) is 36.9 Å². The highest BCUT2D eigenvalue weighted by molar-refractivity contribution is 5.67. The number of ether oxygens (including phenoxy) is 2. The molecule has 0 spiro atoms. The van der Waals surface area contributed by atoms with Gasteiger partial charge in [-0.05, 0) is 80.1 Å². The van der Waals surface area contributed by atoms with Gasteiger partial charge in [0, 0.05) is 25.7 Å². The molecule has 0 saturated heterocycles. The SMILES string of the molecule is CC(=O)OC1=CC[C@@]2(C)[C@@H](CC[C@@H]3[C@@H]2CC[C@]2(C)[C@H](OC(C)=O)CC[C@@H]32)C1. The van der Waals surface area contributed by atoms with Crippen LogP contribution in [0.15, 0.2) is 11.8 Å². The summed E-state index contributed by atoms with van der Waals surface area (Å²) in [5.41, 5.74) is 0.469. The maximum Gasteiger partial charge on any atom is 0.307 e. The van der Waals surface area contributed by atoms with Gasteiger partial charge in [0.25, 0.3) is 0 Å². The molecule has 0 aromatic carbocycles. The summed E-state index contributed by atoms with van der Waals surface area (Å²) in [5.74, 6) is 3.34. The minimum atomic E-state index is -0.200. The number of esters is 2. The van der Waals surface area contributed by atoms with Crippen LogP contribution in [0, 0.1) is 34.5 Å². The van der Waals surface area contributed by atoms with E-state index in [2.05, 4.69) is 19.9 Å². The summed E-state index contributed by atoms with van der Waals surface area (Å²) in [5, 5.41) is 0. The van der Waals surface area contributed by atoms with Crippen LogP contribution in [0.5, 0.6) is 0 Å². The van der Waals surface area contributed by atoms with Crippen LogP contribution in [0.3, 0.4) is 0 Å². The Kier molecular flexibility index (Phi) is 4.67. The van der Waals surface area contributed by atoms with Gasteiger partial charge in [-0.3, -0.25) is 9.59 Å². The molecule has 4 nitrogen and oxygen atoms in total. The van der Waals surface area contributed by atoms with Crippen molar-refractivity contribution < 1.29 is 19.1 Å². The Bertz CT molecular complexity index is 667. The predicted octanol–water partition coefficient (Wildman–Crippen LogP) is 5.02. The maximum absolute atomic E-state index is 11.6. The molecule has 0 aromatic heterocycles.